The Morgan fingerprint density at radius 2 is 2.05 bits per heavy atom. The van der Waals surface area contributed by atoms with E-state index in [0.717, 1.165) is 23.7 Å². The first-order chi connectivity index (χ1) is 9.67. The highest BCUT2D eigenvalue weighted by molar-refractivity contribution is 5.85. The fourth-order valence-corrected chi connectivity index (χ4v) is 2.06. The SMILES string of the molecule is COc1ccccc1-n1nccc1CN(C)C(C)CN.Cl. The summed E-state index contributed by atoms with van der Waals surface area (Å²) in [6, 6.07) is 10.2. The summed E-state index contributed by atoms with van der Waals surface area (Å²) < 4.78 is 7.32. The number of para-hydroxylation sites is 2. The van der Waals surface area contributed by atoms with Crippen molar-refractivity contribution in [3.8, 4) is 11.4 Å². The van der Waals surface area contributed by atoms with Crippen molar-refractivity contribution >= 4 is 12.4 Å². The molecule has 0 aliphatic rings. The van der Waals surface area contributed by atoms with Crippen LogP contribution in [0.4, 0.5) is 0 Å². The summed E-state index contributed by atoms with van der Waals surface area (Å²) in [6.45, 7) is 3.54. The van der Waals surface area contributed by atoms with Crippen LogP contribution in [0.25, 0.3) is 5.69 Å². The molecule has 21 heavy (non-hydrogen) atoms. The number of benzene rings is 1. The third kappa shape index (κ3) is 3.97. The molecule has 1 heterocycles. The number of methoxy groups -OCH3 is 1. The van der Waals surface area contributed by atoms with E-state index < -0.39 is 0 Å². The van der Waals surface area contributed by atoms with Crippen LogP contribution in [0.1, 0.15) is 12.6 Å². The Labute approximate surface area is 132 Å². The molecule has 6 heteroatoms. The van der Waals surface area contributed by atoms with Gasteiger partial charge in [0, 0.05) is 25.3 Å². The zero-order valence-corrected chi connectivity index (χ0v) is 13.5. The third-order valence-corrected chi connectivity index (χ3v) is 3.54. The summed E-state index contributed by atoms with van der Waals surface area (Å²) in [5.41, 5.74) is 7.77. The molecule has 0 bridgehead atoms. The number of halogens is 1. The van der Waals surface area contributed by atoms with Gasteiger partial charge >= 0.3 is 0 Å². The lowest BCUT2D eigenvalue weighted by Crippen LogP contribution is -2.35. The van der Waals surface area contributed by atoms with E-state index in [2.05, 4.69) is 24.0 Å². The molecule has 0 aliphatic carbocycles. The number of ether oxygens (including phenoxy) is 1. The average molecular weight is 311 g/mol. The van der Waals surface area contributed by atoms with Crippen LogP contribution in [0.3, 0.4) is 0 Å². The number of hydrogen-bond donors (Lipinski definition) is 1. The molecule has 0 saturated heterocycles. The highest BCUT2D eigenvalue weighted by Crippen LogP contribution is 2.23. The van der Waals surface area contributed by atoms with E-state index in [1.165, 1.54) is 0 Å². The van der Waals surface area contributed by atoms with Gasteiger partial charge in [0.2, 0.25) is 0 Å². The predicted molar refractivity (Wildman–Crippen MR) is 87.3 cm³/mol. The normalized spacial score (nSPS) is 12.0. The zero-order valence-electron chi connectivity index (χ0n) is 12.7. The van der Waals surface area contributed by atoms with Crippen molar-refractivity contribution in [2.45, 2.75) is 19.5 Å². The maximum Gasteiger partial charge on any atom is 0.144 e. The first-order valence-corrected chi connectivity index (χ1v) is 6.74. The number of rotatable bonds is 6. The molecule has 1 atom stereocenters. The first-order valence-electron chi connectivity index (χ1n) is 6.74. The largest absolute Gasteiger partial charge is 0.494 e. The van der Waals surface area contributed by atoms with Gasteiger partial charge in [0.1, 0.15) is 11.4 Å². The van der Waals surface area contributed by atoms with Crippen LogP contribution in [0.15, 0.2) is 36.5 Å². The summed E-state index contributed by atoms with van der Waals surface area (Å²) in [7, 11) is 3.74. The molecule has 1 aromatic heterocycles. The second-order valence-electron chi connectivity index (χ2n) is 4.91. The van der Waals surface area contributed by atoms with Crippen molar-refractivity contribution in [2.24, 2.45) is 5.73 Å². The summed E-state index contributed by atoms with van der Waals surface area (Å²) in [6.07, 6.45) is 1.81. The summed E-state index contributed by atoms with van der Waals surface area (Å²) in [5.74, 6) is 0.812. The van der Waals surface area contributed by atoms with Crippen molar-refractivity contribution in [3.05, 3.63) is 42.2 Å². The van der Waals surface area contributed by atoms with Gasteiger partial charge in [0.05, 0.1) is 12.8 Å². The van der Waals surface area contributed by atoms with Crippen LogP contribution >= 0.6 is 12.4 Å². The Kier molecular flexibility index (Phi) is 6.68. The van der Waals surface area contributed by atoms with Crippen molar-refractivity contribution in [2.75, 3.05) is 20.7 Å². The minimum Gasteiger partial charge on any atom is -0.494 e. The van der Waals surface area contributed by atoms with Gasteiger partial charge in [-0.1, -0.05) is 12.1 Å². The molecule has 2 N–H and O–H groups in total. The monoisotopic (exact) mass is 310 g/mol. The topological polar surface area (TPSA) is 56.3 Å². The van der Waals surface area contributed by atoms with Crippen molar-refractivity contribution < 1.29 is 4.74 Å². The number of hydrogen-bond acceptors (Lipinski definition) is 4. The predicted octanol–water partition coefficient (Wildman–Crippen LogP) is 2.08. The van der Waals surface area contributed by atoms with Crippen molar-refractivity contribution in [3.63, 3.8) is 0 Å². The number of likely N-dealkylation sites (N-methyl/N-ethyl adjacent to an activating group) is 1. The molecule has 0 fully saturated rings. The lowest BCUT2D eigenvalue weighted by Gasteiger charge is -2.23. The van der Waals surface area contributed by atoms with E-state index in [0.29, 0.717) is 12.6 Å². The summed E-state index contributed by atoms with van der Waals surface area (Å²) in [5, 5.41) is 4.41. The minimum absolute atomic E-state index is 0. The Hall–Kier alpha value is -1.56. The molecule has 0 amide bonds. The Balaban J connectivity index is 0.00000220. The van der Waals surface area contributed by atoms with Gasteiger partial charge in [0.15, 0.2) is 0 Å². The van der Waals surface area contributed by atoms with Crippen molar-refractivity contribution in [1.29, 1.82) is 0 Å². The lowest BCUT2D eigenvalue weighted by molar-refractivity contribution is 0.249. The molecule has 0 saturated carbocycles. The fourth-order valence-electron chi connectivity index (χ4n) is 2.06. The highest BCUT2D eigenvalue weighted by Gasteiger charge is 2.13. The van der Waals surface area contributed by atoms with Gasteiger partial charge in [-0.25, -0.2) is 4.68 Å². The molecular formula is C15H23ClN4O. The fraction of sp³-hybridized carbons (Fsp3) is 0.400. The molecule has 2 aromatic rings. The Bertz CT molecular complexity index is 558. The number of nitrogens with two attached hydrogens (primary N) is 1. The Morgan fingerprint density at radius 1 is 1.33 bits per heavy atom. The minimum atomic E-state index is 0. The van der Waals surface area contributed by atoms with E-state index in [-0.39, 0.29) is 12.4 Å². The quantitative estimate of drug-likeness (QED) is 0.887. The number of aromatic nitrogens is 2. The molecule has 1 unspecified atom stereocenters. The van der Waals surface area contributed by atoms with Gasteiger partial charge in [-0.3, -0.25) is 4.90 Å². The number of nitrogens with zero attached hydrogens (tertiary/aromatic N) is 3. The molecule has 0 radical (unpaired) electrons. The second kappa shape index (κ2) is 8.02. The zero-order chi connectivity index (χ0) is 14.5. The molecule has 5 nitrogen and oxygen atoms in total. The first kappa shape index (κ1) is 17.5. The summed E-state index contributed by atoms with van der Waals surface area (Å²) in [4.78, 5) is 2.21. The maximum absolute atomic E-state index is 5.71. The van der Waals surface area contributed by atoms with Crippen LogP contribution in [-0.4, -0.2) is 41.4 Å². The third-order valence-electron chi connectivity index (χ3n) is 3.54. The smallest absolute Gasteiger partial charge is 0.144 e. The van der Waals surface area contributed by atoms with Crippen LogP contribution < -0.4 is 10.5 Å². The highest BCUT2D eigenvalue weighted by atomic mass is 35.5. The lowest BCUT2D eigenvalue weighted by atomic mass is 10.2. The van der Waals surface area contributed by atoms with Gasteiger partial charge < -0.3 is 10.5 Å². The van der Waals surface area contributed by atoms with Gasteiger partial charge in [-0.15, -0.1) is 12.4 Å². The molecule has 2 rings (SSSR count). The molecular weight excluding hydrogens is 288 g/mol. The van der Waals surface area contributed by atoms with Crippen LogP contribution in [-0.2, 0) is 6.54 Å². The molecule has 116 valence electrons. The standard InChI is InChI=1S/C15H22N4O.ClH/c1-12(10-16)18(2)11-13-8-9-17-19(13)14-6-4-5-7-15(14)20-3;/h4-9,12H,10-11,16H2,1-3H3;1H. The van der Waals surface area contributed by atoms with Crippen molar-refractivity contribution in [1.82, 2.24) is 14.7 Å². The summed E-state index contributed by atoms with van der Waals surface area (Å²) >= 11 is 0. The van der Waals surface area contributed by atoms with E-state index in [9.17, 15) is 0 Å². The molecule has 0 aliphatic heterocycles. The van der Waals surface area contributed by atoms with E-state index in [1.807, 2.05) is 41.2 Å². The van der Waals surface area contributed by atoms with Crippen LogP contribution in [0.5, 0.6) is 5.75 Å². The van der Waals surface area contributed by atoms with Gasteiger partial charge in [-0.2, -0.15) is 5.10 Å². The second-order valence-corrected chi connectivity index (χ2v) is 4.91. The Morgan fingerprint density at radius 3 is 2.71 bits per heavy atom. The van der Waals surface area contributed by atoms with E-state index in [4.69, 9.17) is 10.5 Å². The van der Waals surface area contributed by atoms with Crippen LogP contribution in [0.2, 0.25) is 0 Å². The maximum atomic E-state index is 5.71. The van der Waals surface area contributed by atoms with Gasteiger partial charge in [-0.05, 0) is 32.2 Å². The van der Waals surface area contributed by atoms with Crippen LogP contribution in [0, 0.1) is 0 Å². The molecule has 0 spiro atoms. The van der Waals surface area contributed by atoms with Gasteiger partial charge in [0.25, 0.3) is 0 Å². The van der Waals surface area contributed by atoms with E-state index >= 15 is 0 Å². The van der Waals surface area contributed by atoms with E-state index in [1.54, 1.807) is 7.11 Å². The average Bonchev–Trinajstić information content (AvgIpc) is 2.94. The molecule has 1 aromatic carbocycles.